The number of benzene rings is 1. The summed E-state index contributed by atoms with van der Waals surface area (Å²) in [5.41, 5.74) is -1.59. The molecule has 1 saturated heterocycles. The van der Waals surface area contributed by atoms with Crippen LogP contribution in [0, 0.1) is 0 Å². The summed E-state index contributed by atoms with van der Waals surface area (Å²) in [6, 6.07) is 12.3. The van der Waals surface area contributed by atoms with E-state index < -0.39 is 33.9 Å². The molecule has 1 aromatic carbocycles. The molecule has 0 radical (unpaired) electrons. The number of rotatable bonds is 6. The molecule has 4 rings (SSSR count). The molecular formula is C25H25F6N3O5S2. The van der Waals surface area contributed by atoms with Gasteiger partial charge in [0, 0.05) is 43.8 Å². The highest BCUT2D eigenvalue weighted by Gasteiger charge is 2.51. The SMILES string of the molecule is CC(O)(c1ccc(N2CCN(S(=O)(=O)c3cccs3)C[C@H]2Cc2ccncc2)cc1)C(F)(F)F.O=C(O)C(F)(F)F. The van der Waals surface area contributed by atoms with Gasteiger partial charge in [-0.2, -0.15) is 30.6 Å². The molecule has 1 unspecified atom stereocenters. The van der Waals surface area contributed by atoms with Crippen LogP contribution in [0.1, 0.15) is 18.1 Å². The molecule has 3 heterocycles. The van der Waals surface area contributed by atoms with Crippen molar-refractivity contribution >= 4 is 33.0 Å². The van der Waals surface area contributed by atoms with E-state index in [-0.39, 0.29) is 28.9 Å². The van der Waals surface area contributed by atoms with E-state index in [2.05, 4.69) is 4.98 Å². The number of aromatic nitrogens is 1. The van der Waals surface area contributed by atoms with Crippen LogP contribution < -0.4 is 4.90 Å². The predicted octanol–water partition coefficient (Wildman–Crippen LogP) is 4.67. The van der Waals surface area contributed by atoms with Crippen LogP contribution in [0.2, 0.25) is 0 Å². The lowest BCUT2D eigenvalue weighted by molar-refractivity contribution is -0.258. The van der Waals surface area contributed by atoms with Crippen molar-refractivity contribution in [1.29, 1.82) is 0 Å². The first kappa shape index (κ1) is 32.3. The number of aliphatic carboxylic acids is 1. The summed E-state index contributed by atoms with van der Waals surface area (Å²) in [6.45, 7) is 1.57. The van der Waals surface area contributed by atoms with Crippen molar-refractivity contribution in [3.8, 4) is 0 Å². The number of carboxylic acid groups (broad SMARTS) is 1. The maximum Gasteiger partial charge on any atom is 0.490 e. The number of sulfonamides is 1. The van der Waals surface area contributed by atoms with Crippen molar-refractivity contribution in [2.75, 3.05) is 24.5 Å². The molecular weight excluding hydrogens is 600 g/mol. The first-order valence-electron chi connectivity index (χ1n) is 11.8. The summed E-state index contributed by atoms with van der Waals surface area (Å²) >= 11 is 1.16. The Bertz CT molecular complexity index is 1400. The summed E-state index contributed by atoms with van der Waals surface area (Å²) < 4.78 is 99.4. The van der Waals surface area contributed by atoms with Crippen LogP contribution in [0.15, 0.2) is 70.5 Å². The number of pyridine rings is 1. The monoisotopic (exact) mass is 625 g/mol. The van der Waals surface area contributed by atoms with E-state index in [1.807, 2.05) is 17.0 Å². The third-order valence-corrected chi connectivity index (χ3v) is 9.55. The highest BCUT2D eigenvalue weighted by Crippen LogP contribution is 2.39. The molecule has 1 fully saturated rings. The number of thiophene rings is 1. The van der Waals surface area contributed by atoms with Gasteiger partial charge in [0.25, 0.3) is 10.0 Å². The molecule has 224 valence electrons. The molecule has 3 aromatic rings. The van der Waals surface area contributed by atoms with Crippen molar-refractivity contribution in [2.45, 2.75) is 41.5 Å². The number of anilines is 1. The number of nitrogens with zero attached hydrogens (tertiary/aromatic N) is 3. The van der Waals surface area contributed by atoms with Gasteiger partial charge in [-0.25, -0.2) is 13.2 Å². The van der Waals surface area contributed by atoms with Gasteiger partial charge in [-0.15, -0.1) is 11.3 Å². The first-order chi connectivity index (χ1) is 18.9. The molecule has 2 atom stereocenters. The Morgan fingerprint density at radius 2 is 1.61 bits per heavy atom. The number of hydrogen-bond acceptors (Lipinski definition) is 7. The van der Waals surface area contributed by atoms with Crippen molar-refractivity contribution in [3.05, 3.63) is 77.4 Å². The largest absolute Gasteiger partial charge is 0.490 e. The van der Waals surface area contributed by atoms with Crippen LogP contribution in [0.4, 0.5) is 32.0 Å². The standard InChI is InChI=1S/C23H24F3N3O3S2.C2HF3O2/c1-22(30,23(24,25)26)18-4-6-19(7-5-18)29-13-12-28(34(31,32)21-3-2-14-33-21)16-20(29)15-17-8-10-27-11-9-17;3-2(4,5)1(6)7/h2-11,14,20,30H,12-13,15-16H2,1H3;(H,6,7)/t20-,22?;/m1./s1. The van der Waals surface area contributed by atoms with Crippen molar-refractivity contribution in [2.24, 2.45) is 0 Å². The van der Waals surface area contributed by atoms with Crippen molar-refractivity contribution < 1.29 is 49.8 Å². The van der Waals surface area contributed by atoms with Crippen molar-refractivity contribution in [1.82, 2.24) is 9.29 Å². The van der Waals surface area contributed by atoms with Crippen LogP contribution in [0.3, 0.4) is 0 Å². The average Bonchev–Trinajstić information content (AvgIpc) is 3.45. The Hall–Kier alpha value is -3.21. The summed E-state index contributed by atoms with van der Waals surface area (Å²) in [4.78, 5) is 14.9. The Kier molecular flexibility index (Phi) is 9.73. The van der Waals surface area contributed by atoms with Crippen LogP contribution in [0.25, 0.3) is 0 Å². The van der Waals surface area contributed by atoms with Gasteiger partial charge in [-0.1, -0.05) is 18.2 Å². The number of alkyl halides is 6. The lowest BCUT2D eigenvalue weighted by Crippen LogP contribution is -2.55. The molecule has 2 aromatic heterocycles. The van der Waals surface area contributed by atoms with Crippen LogP contribution in [-0.2, 0) is 26.8 Å². The van der Waals surface area contributed by atoms with E-state index in [0.29, 0.717) is 18.7 Å². The molecule has 16 heteroatoms. The molecule has 1 aliphatic heterocycles. The fourth-order valence-corrected chi connectivity index (χ4v) is 6.64. The van der Waals surface area contributed by atoms with Gasteiger partial charge in [0.2, 0.25) is 0 Å². The third kappa shape index (κ3) is 7.75. The quantitative estimate of drug-likeness (QED) is 0.383. The van der Waals surface area contributed by atoms with E-state index >= 15 is 0 Å². The molecule has 41 heavy (non-hydrogen) atoms. The zero-order valence-electron chi connectivity index (χ0n) is 21.3. The van der Waals surface area contributed by atoms with E-state index in [4.69, 9.17) is 9.90 Å². The number of carbonyl (C=O) groups is 1. The average molecular weight is 626 g/mol. The third-order valence-electron chi connectivity index (χ3n) is 6.31. The Balaban J connectivity index is 0.000000587. The molecule has 0 saturated carbocycles. The number of halogens is 6. The first-order valence-corrected chi connectivity index (χ1v) is 14.2. The minimum absolute atomic E-state index is 0.227. The van der Waals surface area contributed by atoms with Gasteiger partial charge in [0.1, 0.15) is 4.21 Å². The minimum Gasteiger partial charge on any atom is -0.475 e. The van der Waals surface area contributed by atoms with Gasteiger partial charge in [0.15, 0.2) is 5.60 Å². The molecule has 1 aliphatic rings. The molecule has 8 nitrogen and oxygen atoms in total. The second kappa shape index (κ2) is 12.3. The summed E-state index contributed by atoms with van der Waals surface area (Å²) in [6.07, 6.45) is -6.03. The number of carboxylic acids is 1. The second-order valence-electron chi connectivity index (χ2n) is 9.12. The van der Waals surface area contributed by atoms with Crippen molar-refractivity contribution in [3.63, 3.8) is 0 Å². The summed E-state index contributed by atoms with van der Waals surface area (Å²) in [7, 11) is -3.64. The van der Waals surface area contributed by atoms with Gasteiger partial charge in [-0.3, -0.25) is 4.98 Å². The Morgan fingerprint density at radius 3 is 2.10 bits per heavy atom. The minimum atomic E-state index is -5.08. The zero-order chi connectivity index (χ0) is 30.6. The van der Waals surface area contributed by atoms with E-state index in [0.717, 1.165) is 23.8 Å². The van der Waals surface area contributed by atoms with Gasteiger partial charge < -0.3 is 15.1 Å². The van der Waals surface area contributed by atoms with E-state index in [1.54, 1.807) is 42.0 Å². The van der Waals surface area contributed by atoms with Crippen LogP contribution >= 0.6 is 11.3 Å². The number of aliphatic hydroxyl groups is 1. The Morgan fingerprint density at radius 1 is 1.02 bits per heavy atom. The number of piperazine rings is 1. The maximum absolute atomic E-state index is 13.2. The van der Waals surface area contributed by atoms with Gasteiger partial charge in [-0.05, 0) is 60.2 Å². The predicted molar refractivity (Wildman–Crippen MR) is 138 cm³/mol. The number of hydrogen-bond donors (Lipinski definition) is 2. The molecule has 0 aliphatic carbocycles. The topological polar surface area (TPSA) is 111 Å². The highest BCUT2D eigenvalue weighted by molar-refractivity contribution is 7.91. The summed E-state index contributed by atoms with van der Waals surface area (Å²) in [5, 5.41) is 18.8. The highest BCUT2D eigenvalue weighted by atomic mass is 32.2. The van der Waals surface area contributed by atoms with E-state index in [1.165, 1.54) is 16.4 Å². The zero-order valence-corrected chi connectivity index (χ0v) is 22.9. The maximum atomic E-state index is 13.2. The van der Waals surface area contributed by atoms with Crippen LogP contribution in [-0.4, -0.2) is 71.9 Å². The van der Waals surface area contributed by atoms with Crippen LogP contribution in [0.5, 0.6) is 0 Å². The normalized spacial score (nSPS) is 18.2. The molecule has 0 amide bonds. The fourth-order valence-electron chi connectivity index (χ4n) is 4.03. The van der Waals surface area contributed by atoms with Gasteiger partial charge >= 0.3 is 18.3 Å². The lowest BCUT2D eigenvalue weighted by atomic mass is 9.94. The smallest absolute Gasteiger partial charge is 0.475 e. The van der Waals surface area contributed by atoms with Gasteiger partial charge in [0.05, 0.1) is 0 Å². The fraction of sp³-hybridized carbons (Fsp3) is 0.360. The molecule has 0 bridgehead atoms. The Labute approximate surface area is 235 Å². The summed E-state index contributed by atoms with van der Waals surface area (Å²) in [5.74, 6) is -2.76. The second-order valence-corrected chi connectivity index (χ2v) is 12.2. The lowest BCUT2D eigenvalue weighted by Gasteiger charge is -2.42. The van der Waals surface area contributed by atoms with E-state index in [9.17, 15) is 39.9 Å². The molecule has 0 spiro atoms. The molecule has 2 N–H and O–H groups in total.